The lowest BCUT2D eigenvalue weighted by Gasteiger charge is -2.03. The van der Waals surface area contributed by atoms with Gasteiger partial charge in [0.2, 0.25) is 0 Å². The van der Waals surface area contributed by atoms with E-state index < -0.39 is 0 Å². The highest BCUT2D eigenvalue weighted by Crippen LogP contribution is 2.36. The number of nitrogen functional groups attached to an aromatic ring is 1. The molecule has 0 fully saturated rings. The van der Waals surface area contributed by atoms with Crippen LogP contribution in [0.5, 0.6) is 0 Å². The van der Waals surface area contributed by atoms with Crippen molar-refractivity contribution in [3.63, 3.8) is 0 Å². The molecule has 19 heavy (non-hydrogen) atoms. The third kappa shape index (κ3) is 2.00. The second kappa shape index (κ2) is 4.48. The Morgan fingerprint density at radius 1 is 1.26 bits per heavy atom. The molecule has 3 rings (SSSR count). The standard InChI is InChI=1S/C14H12ClN3O/c1-18-14(16)12(9-3-2-4-11(15)7-9)13(17-18)10-5-6-19-8-10/h2-8H,16H2,1H3. The first-order valence-corrected chi connectivity index (χ1v) is 6.15. The van der Waals surface area contributed by atoms with Crippen LogP contribution in [0, 0.1) is 0 Å². The van der Waals surface area contributed by atoms with E-state index in [1.165, 1.54) is 0 Å². The molecule has 5 heteroatoms. The van der Waals surface area contributed by atoms with Gasteiger partial charge in [0, 0.05) is 17.6 Å². The van der Waals surface area contributed by atoms with Crippen LogP contribution in [-0.4, -0.2) is 9.78 Å². The van der Waals surface area contributed by atoms with Crippen LogP contribution < -0.4 is 5.73 Å². The molecule has 0 unspecified atom stereocenters. The SMILES string of the molecule is Cn1nc(-c2ccoc2)c(-c2cccc(Cl)c2)c1N. The zero-order valence-electron chi connectivity index (χ0n) is 10.3. The fraction of sp³-hybridized carbons (Fsp3) is 0.0714. The van der Waals surface area contributed by atoms with E-state index in [9.17, 15) is 0 Å². The van der Waals surface area contributed by atoms with Gasteiger partial charge in [-0.2, -0.15) is 5.10 Å². The van der Waals surface area contributed by atoms with E-state index in [4.69, 9.17) is 21.8 Å². The quantitative estimate of drug-likeness (QED) is 0.776. The third-order valence-electron chi connectivity index (χ3n) is 3.00. The normalized spacial score (nSPS) is 10.8. The summed E-state index contributed by atoms with van der Waals surface area (Å²) in [6, 6.07) is 9.41. The summed E-state index contributed by atoms with van der Waals surface area (Å²) < 4.78 is 6.77. The lowest BCUT2D eigenvalue weighted by atomic mass is 10.0. The van der Waals surface area contributed by atoms with Crippen LogP contribution in [0.25, 0.3) is 22.4 Å². The lowest BCUT2D eigenvalue weighted by Crippen LogP contribution is -1.97. The first-order valence-electron chi connectivity index (χ1n) is 5.78. The molecule has 0 aliphatic heterocycles. The summed E-state index contributed by atoms with van der Waals surface area (Å²) >= 11 is 6.04. The smallest absolute Gasteiger partial charge is 0.129 e. The van der Waals surface area contributed by atoms with Gasteiger partial charge in [0.1, 0.15) is 11.5 Å². The molecule has 0 bridgehead atoms. The topological polar surface area (TPSA) is 57.0 Å². The van der Waals surface area contributed by atoms with E-state index in [1.54, 1.807) is 17.2 Å². The van der Waals surface area contributed by atoms with Crippen LogP contribution in [0.15, 0.2) is 47.3 Å². The highest BCUT2D eigenvalue weighted by Gasteiger charge is 2.18. The molecule has 0 saturated heterocycles. The van der Waals surface area contributed by atoms with Crippen molar-refractivity contribution in [1.29, 1.82) is 0 Å². The maximum atomic E-state index is 6.12. The van der Waals surface area contributed by atoms with Gasteiger partial charge in [-0.15, -0.1) is 0 Å². The summed E-state index contributed by atoms with van der Waals surface area (Å²) in [6.45, 7) is 0. The van der Waals surface area contributed by atoms with Gasteiger partial charge >= 0.3 is 0 Å². The maximum absolute atomic E-state index is 6.12. The Morgan fingerprint density at radius 2 is 2.11 bits per heavy atom. The fourth-order valence-corrected chi connectivity index (χ4v) is 2.26. The molecule has 2 N–H and O–H groups in total. The zero-order valence-corrected chi connectivity index (χ0v) is 11.1. The van der Waals surface area contributed by atoms with Crippen LogP contribution in [0.1, 0.15) is 0 Å². The fourth-order valence-electron chi connectivity index (χ4n) is 2.07. The number of halogens is 1. The van der Waals surface area contributed by atoms with E-state index in [2.05, 4.69) is 5.10 Å². The molecule has 1 aromatic carbocycles. The van der Waals surface area contributed by atoms with Gasteiger partial charge in [-0.05, 0) is 23.8 Å². The molecule has 0 saturated carbocycles. The lowest BCUT2D eigenvalue weighted by molar-refractivity contribution is 0.568. The number of rotatable bonds is 2. The first-order chi connectivity index (χ1) is 9.16. The highest BCUT2D eigenvalue weighted by atomic mass is 35.5. The van der Waals surface area contributed by atoms with Crippen LogP contribution in [0.3, 0.4) is 0 Å². The second-order valence-corrected chi connectivity index (χ2v) is 4.69. The van der Waals surface area contributed by atoms with E-state index in [-0.39, 0.29) is 0 Å². The summed E-state index contributed by atoms with van der Waals surface area (Å²) in [5.41, 5.74) is 9.60. The predicted molar refractivity (Wildman–Crippen MR) is 75.8 cm³/mol. The number of anilines is 1. The Labute approximate surface area is 115 Å². The molecule has 2 heterocycles. The number of nitrogens with zero attached hydrogens (tertiary/aromatic N) is 2. The summed E-state index contributed by atoms with van der Waals surface area (Å²) in [5.74, 6) is 0.596. The van der Waals surface area contributed by atoms with Crippen molar-refractivity contribution in [3.8, 4) is 22.4 Å². The molecule has 2 aromatic heterocycles. The van der Waals surface area contributed by atoms with Crippen molar-refractivity contribution in [1.82, 2.24) is 9.78 Å². The average molecular weight is 274 g/mol. The Bertz CT molecular complexity index is 716. The van der Waals surface area contributed by atoms with Crippen LogP contribution >= 0.6 is 11.6 Å². The Morgan fingerprint density at radius 3 is 2.79 bits per heavy atom. The number of nitrogens with two attached hydrogens (primary N) is 1. The zero-order chi connectivity index (χ0) is 13.4. The van der Waals surface area contributed by atoms with Gasteiger partial charge in [0.25, 0.3) is 0 Å². The van der Waals surface area contributed by atoms with Crippen molar-refractivity contribution in [2.24, 2.45) is 7.05 Å². The minimum absolute atomic E-state index is 0.596. The Hall–Kier alpha value is -2.20. The van der Waals surface area contributed by atoms with Gasteiger partial charge in [-0.25, -0.2) is 0 Å². The van der Waals surface area contributed by atoms with Gasteiger partial charge < -0.3 is 10.2 Å². The predicted octanol–water partition coefficient (Wildman–Crippen LogP) is 3.58. The largest absolute Gasteiger partial charge is 0.472 e. The Balaban J connectivity index is 2.26. The average Bonchev–Trinajstić information content (AvgIpc) is 2.99. The van der Waals surface area contributed by atoms with Crippen molar-refractivity contribution in [2.45, 2.75) is 0 Å². The van der Waals surface area contributed by atoms with Crippen LogP contribution in [-0.2, 0) is 7.05 Å². The van der Waals surface area contributed by atoms with Gasteiger partial charge in [0.05, 0.1) is 18.1 Å². The molecule has 0 aliphatic carbocycles. The number of hydrogen-bond donors (Lipinski definition) is 1. The van der Waals surface area contributed by atoms with E-state index in [1.807, 2.05) is 37.4 Å². The number of furan rings is 1. The molecule has 96 valence electrons. The molecule has 0 spiro atoms. The van der Waals surface area contributed by atoms with Gasteiger partial charge in [-0.1, -0.05) is 23.7 Å². The molecule has 0 aliphatic rings. The van der Waals surface area contributed by atoms with Crippen molar-refractivity contribution < 1.29 is 4.42 Å². The monoisotopic (exact) mass is 273 g/mol. The number of aryl methyl sites for hydroxylation is 1. The summed E-state index contributed by atoms with van der Waals surface area (Å²) in [5, 5.41) is 5.11. The minimum atomic E-state index is 0.596. The van der Waals surface area contributed by atoms with Crippen LogP contribution in [0.4, 0.5) is 5.82 Å². The second-order valence-electron chi connectivity index (χ2n) is 4.25. The summed E-state index contributed by atoms with van der Waals surface area (Å²) in [7, 11) is 1.81. The summed E-state index contributed by atoms with van der Waals surface area (Å²) in [6.07, 6.45) is 3.26. The van der Waals surface area contributed by atoms with E-state index in [0.29, 0.717) is 10.8 Å². The molecule has 0 amide bonds. The highest BCUT2D eigenvalue weighted by molar-refractivity contribution is 6.30. The molecular weight excluding hydrogens is 262 g/mol. The van der Waals surface area contributed by atoms with Crippen molar-refractivity contribution in [3.05, 3.63) is 47.9 Å². The Kier molecular flexibility index (Phi) is 2.80. The molecule has 0 atom stereocenters. The molecule has 0 radical (unpaired) electrons. The van der Waals surface area contributed by atoms with Gasteiger partial charge in [-0.3, -0.25) is 4.68 Å². The molecule has 3 aromatic rings. The maximum Gasteiger partial charge on any atom is 0.129 e. The van der Waals surface area contributed by atoms with Crippen molar-refractivity contribution >= 4 is 17.4 Å². The molecular formula is C14H12ClN3O. The van der Waals surface area contributed by atoms with Gasteiger partial charge in [0.15, 0.2) is 0 Å². The van der Waals surface area contributed by atoms with Crippen LogP contribution in [0.2, 0.25) is 5.02 Å². The number of benzene rings is 1. The summed E-state index contributed by atoms with van der Waals surface area (Å²) in [4.78, 5) is 0. The number of hydrogen-bond acceptors (Lipinski definition) is 3. The van der Waals surface area contributed by atoms with E-state index >= 15 is 0 Å². The third-order valence-corrected chi connectivity index (χ3v) is 3.23. The minimum Gasteiger partial charge on any atom is -0.472 e. The van der Waals surface area contributed by atoms with Crippen molar-refractivity contribution in [2.75, 3.05) is 5.73 Å². The number of aromatic nitrogens is 2. The molecule has 4 nitrogen and oxygen atoms in total. The van der Waals surface area contributed by atoms with E-state index in [0.717, 1.165) is 22.4 Å². The first kappa shape index (κ1) is 11.9.